The van der Waals surface area contributed by atoms with E-state index >= 15 is 0 Å². The fourth-order valence-corrected chi connectivity index (χ4v) is 6.73. The molecule has 2 nitrogen and oxygen atoms in total. The van der Waals surface area contributed by atoms with E-state index in [1.165, 1.54) is 77.0 Å². The molecule has 0 spiro atoms. The maximum Gasteiger partial charge on any atom is 0.306 e. The number of unbranched alkanes of at least 4 members (excludes halogenated alkanes) is 1. The zero-order chi connectivity index (χ0) is 19.8. The van der Waals surface area contributed by atoms with E-state index in [2.05, 4.69) is 13.8 Å². The van der Waals surface area contributed by atoms with E-state index in [4.69, 9.17) is 4.74 Å². The highest BCUT2D eigenvalue weighted by molar-refractivity contribution is 5.69. The van der Waals surface area contributed by atoms with Crippen LogP contribution in [0.15, 0.2) is 0 Å². The monoisotopic (exact) mass is 390 g/mol. The number of hydrogen-bond acceptors (Lipinski definition) is 2. The van der Waals surface area contributed by atoms with Gasteiger partial charge in [0.2, 0.25) is 0 Å². The Morgan fingerprint density at radius 2 is 1.36 bits per heavy atom. The SMILES string of the molecule is CCCCC(=O)O[C@@H]1CCC[C@H](C2CCC(C3CCC(CCC)CC3)CC2)C1. The Bertz CT molecular complexity index is 443. The van der Waals surface area contributed by atoms with Crippen molar-refractivity contribution in [2.75, 3.05) is 0 Å². The molecular formula is C26H46O2. The van der Waals surface area contributed by atoms with Gasteiger partial charge in [-0.2, -0.15) is 0 Å². The Kier molecular flexibility index (Phi) is 9.18. The van der Waals surface area contributed by atoms with Crippen LogP contribution >= 0.6 is 0 Å². The van der Waals surface area contributed by atoms with Crippen molar-refractivity contribution in [2.45, 2.75) is 129 Å². The predicted molar refractivity (Wildman–Crippen MR) is 117 cm³/mol. The average molecular weight is 391 g/mol. The van der Waals surface area contributed by atoms with Gasteiger partial charge in [0, 0.05) is 6.42 Å². The summed E-state index contributed by atoms with van der Waals surface area (Å²) in [5.41, 5.74) is 0. The van der Waals surface area contributed by atoms with E-state index in [9.17, 15) is 4.79 Å². The summed E-state index contributed by atoms with van der Waals surface area (Å²) in [6.07, 6.45) is 22.5. The first kappa shape index (κ1) is 22.2. The Hall–Kier alpha value is -0.530. The van der Waals surface area contributed by atoms with Crippen LogP contribution in [0.5, 0.6) is 0 Å². The average Bonchev–Trinajstić information content (AvgIpc) is 2.73. The van der Waals surface area contributed by atoms with Crippen LogP contribution in [0.4, 0.5) is 0 Å². The number of carbonyl (C=O) groups is 1. The van der Waals surface area contributed by atoms with Gasteiger partial charge in [0.1, 0.15) is 6.10 Å². The molecule has 162 valence electrons. The van der Waals surface area contributed by atoms with Crippen LogP contribution in [0, 0.1) is 29.6 Å². The van der Waals surface area contributed by atoms with Gasteiger partial charge in [0.05, 0.1) is 0 Å². The molecule has 3 rings (SSSR count). The van der Waals surface area contributed by atoms with Crippen LogP contribution in [-0.4, -0.2) is 12.1 Å². The zero-order valence-corrected chi connectivity index (χ0v) is 18.8. The molecule has 0 aromatic rings. The van der Waals surface area contributed by atoms with E-state index in [0.29, 0.717) is 6.42 Å². The quantitative estimate of drug-likeness (QED) is 0.397. The number of carbonyl (C=O) groups excluding carboxylic acids is 1. The van der Waals surface area contributed by atoms with Gasteiger partial charge >= 0.3 is 5.97 Å². The smallest absolute Gasteiger partial charge is 0.306 e. The molecule has 0 aromatic carbocycles. The minimum Gasteiger partial charge on any atom is -0.462 e. The van der Waals surface area contributed by atoms with Crippen molar-refractivity contribution in [1.82, 2.24) is 0 Å². The lowest BCUT2D eigenvalue weighted by atomic mass is 9.65. The van der Waals surface area contributed by atoms with E-state index in [1.807, 2.05) is 0 Å². The lowest BCUT2D eigenvalue weighted by Gasteiger charge is -2.41. The third kappa shape index (κ3) is 6.49. The summed E-state index contributed by atoms with van der Waals surface area (Å²) in [6, 6.07) is 0. The van der Waals surface area contributed by atoms with Gasteiger partial charge in [0.15, 0.2) is 0 Å². The van der Waals surface area contributed by atoms with Crippen molar-refractivity contribution in [3.63, 3.8) is 0 Å². The van der Waals surface area contributed by atoms with Gasteiger partial charge in [-0.05, 0) is 100 Å². The minimum absolute atomic E-state index is 0.0508. The van der Waals surface area contributed by atoms with Crippen LogP contribution in [0.25, 0.3) is 0 Å². The summed E-state index contributed by atoms with van der Waals surface area (Å²) < 4.78 is 5.82. The van der Waals surface area contributed by atoms with Crippen LogP contribution in [0.1, 0.15) is 123 Å². The molecule has 2 atom stereocenters. The molecule has 0 unspecified atom stereocenters. The van der Waals surface area contributed by atoms with Gasteiger partial charge in [-0.1, -0.05) is 46.0 Å². The molecule has 0 N–H and O–H groups in total. The summed E-state index contributed by atoms with van der Waals surface area (Å²) in [5, 5.41) is 0. The lowest BCUT2D eigenvalue weighted by Crippen LogP contribution is -2.32. The van der Waals surface area contributed by atoms with Gasteiger partial charge in [-0.3, -0.25) is 4.79 Å². The summed E-state index contributed by atoms with van der Waals surface area (Å²) in [6.45, 7) is 4.48. The highest BCUT2D eigenvalue weighted by Crippen LogP contribution is 2.46. The second-order valence-electron chi connectivity index (χ2n) is 10.4. The standard InChI is InChI=1S/C26H46O2/c1-3-5-10-26(27)28-25-9-6-8-24(19-25)23-17-15-22(16-18-23)21-13-11-20(7-4-2)12-14-21/h20-25H,3-19H2,1-2H3/t20?,21?,22?,23?,24-,25+/m0/s1. The zero-order valence-electron chi connectivity index (χ0n) is 18.8. The van der Waals surface area contributed by atoms with Gasteiger partial charge < -0.3 is 4.74 Å². The van der Waals surface area contributed by atoms with Crippen molar-refractivity contribution >= 4 is 5.97 Å². The summed E-state index contributed by atoms with van der Waals surface area (Å²) in [5.74, 6) is 4.87. The molecule has 0 heterocycles. The van der Waals surface area contributed by atoms with Crippen molar-refractivity contribution in [1.29, 1.82) is 0 Å². The second kappa shape index (κ2) is 11.6. The first-order valence-electron chi connectivity index (χ1n) is 12.9. The van der Waals surface area contributed by atoms with Crippen LogP contribution < -0.4 is 0 Å². The Morgan fingerprint density at radius 3 is 1.96 bits per heavy atom. The van der Waals surface area contributed by atoms with Crippen molar-refractivity contribution in [3.05, 3.63) is 0 Å². The van der Waals surface area contributed by atoms with Crippen LogP contribution in [0.2, 0.25) is 0 Å². The number of hydrogen-bond donors (Lipinski definition) is 0. The third-order valence-electron chi connectivity index (χ3n) is 8.44. The Labute approximate surface area is 174 Å². The molecule has 0 aliphatic heterocycles. The predicted octanol–water partition coefficient (Wildman–Crippen LogP) is 7.69. The highest BCUT2D eigenvalue weighted by Gasteiger charge is 2.35. The fourth-order valence-electron chi connectivity index (χ4n) is 6.73. The van der Waals surface area contributed by atoms with E-state index in [1.54, 1.807) is 0 Å². The largest absolute Gasteiger partial charge is 0.462 e. The molecule has 0 radical (unpaired) electrons. The number of ether oxygens (including phenoxy) is 1. The number of rotatable bonds is 8. The second-order valence-corrected chi connectivity index (χ2v) is 10.4. The molecule has 3 saturated carbocycles. The maximum atomic E-state index is 12.0. The fraction of sp³-hybridized carbons (Fsp3) is 0.962. The van der Waals surface area contributed by atoms with Crippen LogP contribution in [0.3, 0.4) is 0 Å². The Balaban J connectivity index is 1.38. The van der Waals surface area contributed by atoms with Crippen molar-refractivity contribution in [3.8, 4) is 0 Å². The molecule has 28 heavy (non-hydrogen) atoms. The maximum absolute atomic E-state index is 12.0. The number of esters is 1. The van der Waals surface area contributed by atoms with Gasteiger partial charge in [-0.25, -0.2) is 0 Å². The van der Waals surface area contributed by atoms with E-state index < -0.39 is 0 Å². The topological polar surface area (TPSA) is 26.3 Å². The van der Waals surface area contributed by atoms with E-state index in [-0.39, 0.29) is 12.1 Å². The molecule has 0 amide bonds. The molecular weight excluding hydrogens is 344 g/mol. The van der Waals surface area contributed by atoms with Crippen molar-refractivity contribution < 1.29 is 9.53 Å². The van der Waals surface area contributed by atoms with Gasteiger partial charge in [-0.15, -0.1) is 0 Å². The summed E-state index contributed by atoms with van der Waals surface area (Å²) >= 11 is 0. The Morgan fingerprint density at radius 1 is 0.750 bits per heavy atom. The highest BCUT2D eigenvalue weighted by atomic mass is 16.5. The van der Waals surface area contributed by atoms with Gasteiger partial charge in [0.25, 0.3) is 0 Å². The minimum atomic E-state index is 0.0508. The first-order chi connectivity index (χ1) is 13.7. The molecule has 3 aliphatic carbocycles. The molecule has 0 aromatic heterocycles. The lowest BCUT2D eigenvalue weighted by molar-refractivity contribution is -0.152. The van der Waals surface area contributed by atoms with Crippen LogP contribution in [-0.2, 0) is 9.53 Å². The molecule has 3 aliphatic rings. The molecule has 0 bridgehead atoms. The first-order valence-corrected chi connectivity index (χ1v) is 12.9. The molecule has 3 fully saturated rings. The summed E-state index contributed by atoms with van der Waals surface area (Å²) in [7, 11) is 0. The normalized spacial score (nSPS) is 36.8. The van der Waals surface area contributed by atoms with Crippen molar-refractivity contribution in [2.24, 2.45) is 29.6 Å². The third-order valence-corrected chi connectivity index (χ3v) is 8.44. The van der Waals surface area contributed by atoms with E-state index in [0.717, 1.165) is 55.3 Å². The molecule has 2 heteroatoms. The summed E-state index contributed by atoms with van der Waals surface area (Å²) in [4.78, 5) is 12.0. The molecule has 0 saturated heterocycles.